The van der Waals surface area contributed by atoms with Gasteiger partial charge in [0, 0.05) is 35.8 Å². The van der Waals surface area contributed by atoms with E-state index in [0.29, 0.717) is 0 Å². The van der Waals surface area contributed by atoms with Crippen molar-refractivity contribution in [3.05, 3.63) is 30.5 Å². The number of amides is 1. The van der Waals surface area contributed by atoms with Crippen molar-refractivity contribution in [2.45, 2.75) is 26.7 Å². The molecule has 0 saturated heterocycles. The fraction of sp³-hybridized carbons (Fsp3) is 0.400. The Bertz CT molecular complexity index is 553. The number of nitrogens with one attached hydrogen (secondary N) is 1. The van der Waals surface area contributed by atoms with Crippen molar-refractivity contribution in [2.24, 2.45) is 13.0 Å². The standard InChI is InChI=1S/C15H20N2O/c1-4-11(5-2)15(18)16-13-6-7-14-12(10-13)8-9-17(14)3/h6-11H,4-5H2,1-3H3,(H,16,18). The Morgan fingerprint density at radius 2 is 2.00 bits per heavy atom. The van der Waals surface area contributed by atoms with E-state index in [4.69, 9.17) is 0 Å². The average Bonchev–Trinajstić information content (AvgIpc) is 2.72. The first-order chi connectivity index (χ1) is 8.65. The van der Waals surface area contributed by atoms with Gasteiger partial charge in [0.15, 0.2) is 0 Å². The summed E-state index contributed by atoms with van der Waals surface area (Å²) in [6, 6.07) is 8.08. The minimum absolute atomic E-state index is 0.108. The summed E-state index contributed by atoms with van der Waals surface area (Å²) in [6.45, 7) is 4.10. The van der Waals surface area contributed by atoms with Crippen LogP contribution in [0.15, 0.2) is 30.5 Å². The van der Waals surface area contributed by atoms with Crippen molar-refractivity contribution in [1.82, 2.24) is 4.57 Å². The van der Waals surface area contributed by atoms with Gasteiger partial charge in [-0.2, -0.15) is 0 Å². The summed E-state index contributed by atoms with van der Waals surface area (Å²) >= 11 is 0. The minimum Gasteiger partial charge on any atom is -0.351 e. The molecule has 0 radical (unpaired) electrons. The fourth-order valence-corrected chi connectivity index (χ4v) is 2.26. The third kappa shape index (κ3) is 2.40. The average molecular weight is 244 g/mol. The summed E-state index contributed by atoms with van der Waals surface area (Å²) in [7, 11) is 2.02. The molecule has 2 aromatic rings. The van der Waals surface area contributed by atoms with Gasteiger partial charge in [-0.3, -0.25) is 4.79 Å². The number of carbonyl (C=O) groups is 1. The van der Waals surface area contributed by atoms with E-state index >= 15 is 0 Å². The molecule has 0 fully saturated rings. The van der Waals surface area contributed by atoms with E-state index in [1.807, 2.05) is 45.3 Å². The summed E-state index contributed by atoms with van der Waals surface area (Å²) in [5.74, 6) is 0.228. The number of carbonyl (C=O) groups excluding carboxylic acids is 1. The van der Waals surface area contributed by atoms with Gasteiger partial charge in [-0.25, -0.2) is 0 Å². The van der Waals surface area contributed by atoms with Crippen LogP contribution in [-0.4, -0.2) is 10.5 Å². The zero-order chi connectivity index (χ0) is 13.1. The van der Waals surface area contributed by atoms with E-state index in [1.54, 1.807) is 0 Å². The number of anilines is 1. The highest BCUT2D eigenvalue weighted by atomic mass is 16.1. The van der Waals surface area contributed by atoms with Crippen LogP contribution in [0.4, 0.5) is 5.69 Å². The molecule has 1 aromatic heterocycles. The number of rotatable bonds is 4. The number of hydrogen-bond donors (Lipinski definition) is 1. The molecule has 0 aliphatic carbocycles. The quantitative estimate of drug-likeness (QED) is 0.876. The molecule has 2 rings (SSSR count). The van der Waals surface area contributed by atoms with Crippen molar-refractivity contribution >= 4 is 22.5 Å². The molecule has 0 aliphatic rings. The highest BCUT2D eigenvalue weighted by Crippen LogP contribution is 2.20. The number of fused-ring (bicyclic) bond motifs is 1. The van der Waals surface area contributed by atoms with Crippen molar-refractivity contribution in [1.29, 1.82) is 0 Å². The Labute approximate surface area is 108 Å². The molecule has 0 bridgehead atoms. The molecule has 1 N–H and O–H groups in total. The lowest BCUT2D eigenvalue weighted by molar-refractivity contribution is -0.120. The van der Waals surface area contributed by atoms with E-state index in [0.717, 1.165) is 23.9 Å². The Hall–Kier alpha value is -1.77. The first-order valence-electron chi connectivity index (χ1n) is 6.51. The van der Waals surface area contributed by atoms with Crippen molar-refractivity contribution in [3.63, 3.8) is 0 Å². The summed E-state index contributed by atoms with van der Waals surface area (Å²) in [5, 5.41) is 4.15. The first kappa shape index (κ1) is 12.7. The second-order valence-corrected chi connectivity index (χ2v) is 4.70. The monoisotopic (exact) mass is 244 g/mol. The zero-order valence-electron chi connectivity index (χ0n) is 11.2. The molecule has 96 valence electrons. The topological polar surface area (TPSA) is 34.0 Å². The van der Waals surface area contributed by atoms with Crippen LogP contribution < -0.4 is 5.32 Å². The molecule has 0 spiro atoms. The molecule has 3 heteroatoms. The summed E-state index contributed by atoms with van der Waals surface area (Å²) in [6.07, 6.45) is 3.79. The zero-order valence-corrected chi connectivity index (χ0v) is 11.2. The maximum Gasteiger partial charge on any atom is 0.227 e. The second-order valence-electron chi connectivity index (χ2n) is 4.70. The van der Waals surface area contributed by atoms with Gasteiger partial charge in [-0.05, 0) is 37.1 Å². The number of aryl methyl sites for hydroxylation is 1. The second kappa shape index (κ2) is 5.25. The fourth-order valence-electron chi connectivity index (χ4n) is 2.26. The van der Waals surface area contributed by atoms with Crippen LogP contribution >= 0.6 is 0 Å². The number of hydrogen-bond acceptors (Lipinski definition) is 1. The molecule has 18 heavy (non-hydrogen) atoms. The van der Waals surface area contributed by atoms with Crippen LogP contribution in [0, 0.1) is 5.92 Å². The van der Waals surface area contributed by atoms with E-state index in [-0.39, 0.29) is 11.8 Å². The largest absolute Gasteiger partial charge is 0.351 e. The molecular formula is C15H20N2O. The summed E-state index contributed by atoms with van der Waals surface area (Å²) in [5.41, 5.74) is 2.06. The molecule has 1 aromatic carbocycles. The number of aromatic nitrogens is 1. The predicted molar refractivity (Wildman–Crippen MR) is 75.6 cm³/mol. The summed E-state index contributed by atoms with van der Waals surface area (Å²) < 4.78 is 2.07. The van der Waals surface area contributed by atoms with Crippen LogP contribution in [0.1, 0.15) is 26.7 Å². The van der Waals surface area contributed by atoms with Gasteiger partial charge in [-0.15, -0.1) is 0 Å². The van der Waals surface area contributed by atoms with Gasteiger partial charge < -0.3 is 9.88 Å². The molecule has 0 atom stereocenters. The molecular weight excluding hydrogens is 224 g/mol. The predicted octanol–water partition coefficient (Wildman–Crippen LogP) is 3.55. The molecule has 1 amide bonds. The first-order valence-corrected chi connectivity index (χ1v) is 6.51. The molecule has 0 unspecified atom stereocenters. The maximum absolute atomic E-state index is 12.0. The highest BCUT2D eigenvalue weighted by molar-refractivity contribution is 5.95. The molecule has 3 nitrogen and oxygen atoms in total. The van der Waals surface area contributed by atoms with E-state index in [2.05, 4.69) is 16.0 Å². The molecule has 0 aliphatic heterocycles. The SMILES string of the molecule is CCC(CC)C(=O)Nc1ccc2c(ccn2C)c1. The van der Waals surface area contributed by atoms with E-state index < -0.39 is 0 Å². The molecule has 0 saturated carbocycles. The van der Waals surface area contributed by atoms with Gasteiger partial charge in [0.1, 0.15) is 0 Å². The van der Waals surface area contributed by atoms with Gasteiger partial charge in [0.05, 0.1) is 0 Å². The smallest absolute Gasteiger partial charge is 0.227 e. The summed E-state index contributed by atoms with van der Waals surface area (Å²) in [4.78, 5) is 12.0. The lowest BCUT2D eigenvalue weighted by Crippen LogP contribution is -2.21. The minimum atomic E-state index is 0.108. The molecule has 1 heterocycles. The van der Waals surface area contributed by atoms with Crippen LogP contribution in [0.5, 0.6) is 0 Å². The van der Waals surface area contributed by atoms with Crippen LogP contribution in [0.3, 0.4) is 0 Å². The van der Waals surface area contributed by atoms with E-state index in [1.165, 1.54) is 5.52 Å². The van der Waals surface area contributed by atoms with Crippen LogP contribution in [0.25, 0.3) is 10.9 Å². The van der Waals surface area contributed by atoms with Crippen molar-refractivity contribution < 1.29 is 4.79 Å². The third-order valence-corrected chi connectivity index (χ3v) is 3.51. The van der Waals surface area contributed by atoms with Crippen molar-refractivity contribution in [2.75, 3.05) is 5.32 Å². The van der Waals surface area contributed by atoms with Crippen LogP contribution in [-0.2, 0) is 11.8 Å². The Morgan fingerprint density at radius 3 is 2.67 bits per heavy atom. The highest BCUT2D eigenvalue weighted by Gasteiger charge is 2.14. The number of nitrogens with zero attached hydrogens (tertiary/aromatic N) is 1. The van der Waals surface area contributed by atoms with Crippen LogP contribution in [0.2, 0.25) is 0 Å². The van der Waals surface area contributed by atoms with Gasteiger partial charge in [0.25, 0.3) is 0 Å². The Kier molecular flexibility index (Phi) is 3.70. The van der Waals surface area contributed by atoms with Crippen molar-refractivity contribution in [3.8, 4) is 0 Å². The van der Waals surface area contributed by atoms with E-state index in [9.17, 15) is 4.79 Å². The number of benzene rings is 1. The van der Waals surface area contributed by atoms with Gasteiger partial charge in [-0.1, -0.05) is 13.8 Å². The van der Waals surface area contributed by atoms with Gasteiger partial charge in [0.2, 0.25) is 5.91 Å². The lowest BCUT2D eigenvalue weighted by atomic mass is 10.0. The maximum atomic E-state index is 12.0. The lowest BCUT2D eigenvalue weighted by Gasteiger charge is -2.12. The van der Waals surface area contributed by atoms with Gasteiger partial charge >= 0.3 is 0 Å². The Morgan fingerprint density at radius 1 is 1.28 bits per heavy atom. The third-order valence-electron chi connectivity index (χ3n) is 3.51. The normalized spacial score (nSPS) is 11.1. The Balaban J connectivity index is 2.19.